The molecule has 10 heteroatoms. The highest BCUT2D eigenvalue weighted by Gasteiger charge is 2.53. The summed E-state index contributed by atoms with van der Waals surface area (Å²) in [5, 5.41) is 11.8. The number of carbonyl (C=O) groups is 1. The number of hydrogen-bond donors (Lipinski definition) is 0. The summed E-state index contributed by atoms with van der Waals surface area (Å²) in [5.41, 5.74) is -0.145. The molecule has 2 aliphatic rings. The van der Waals surface area contributed by atoms with Crippen LogP contribution in [0.25, 0.3) is 0 Å². The molecule has 0 radical (unpaired) electrons. The fourth-order valence-corrected chi connectivity index (χ4v) is 5.71. The van der Waals surface area contributed by atoms with Gasteiger partial charge in [-0.25, -0.2) is 8.42 Å². The van der Waals surface area contributed by atoms with Crippen LogP contribution in [0.1, 0.15) is 18.4 Å². The number of halogens is 1. The molecule has 1 aliphatic carbocycles. The summed E-state index contributed by atoms with van der Waals surface area (Å²) in [4.78, 5) is 25.1. The highest BCUT2D eigenvalue weighted by atomic mass is 35.5. The maximum atomic E-state index is 13.2. The van der Waals surface area contributed by atoms with Gasteiger partial charge < -0.3 is 4.90 Å². The molecule has 2 aromatic rings. The predicted molar refractivity (Wildman–Crippen MR) is 111 cm³/mol. The predicted octanol–water partition coefficient (Wildman–Crippen LogP) is 2.81. The number of rotatable bonds is 5. The molecule has 8 nitrogen and oxygen atoms in total. The summed E-state index contributed by atoms with van der Waals surface area (Å²) in [6.07, 6.45) is 1.47. The van der Waals surface area contributed by atoms with E-state index in [0.29, 0.717) is 5.02 Å². The number of carbonyl (C=O) groups excluding carboxylic acids is 1. The van der Waals surface area contributed by atoms with E-state index in [1.165, 1.54) is 28.6 Å². The van der Waals surface area contributed by atoms with Gasteiger partial charge in [-0.1, -0.05) is 35.9 Å². The van der Waals surface area contributed by atoms with Crippen molar-refractivity contribution in [2.24, 2.45) is 0 Å². The first kappa shape index (κ1) is 20.8. The van der Waals surface area contributed by atoms with Crippen LogP contribution >= 0.6 is 11.6 Å². The van der Waals surface area contributed by atoms with Gasteiger partial charge in [0.05, 0.1) is 10.3 Å². The second-order valence-corrected chi connectivity index (χ2v) is 9.86. The zero-order valence-corrected chi connectivity index (χ0v) is 17.6. The maximum Gasteiger partial charge on any atom is 0.289 e. The van der Waals surface area contributed by atoms with Crippen molar-refractivity contribution in [2.45, 2.75) is 23.2 Å². The minimum atomic E-state index is -4.03. The van der Waals surface area contributed by atoms with Crippen molar-refractivity contribution < 1.29 is 18.1 Å². The molecular weight excluding hydrogens is 430 g/mol. The van der Waals surface area contributed by atoms with E-state index in [9.17, 15) is 23.3 Å². The summed E-state index contributed by atoms with van der Waals surface area (Å²) in [7, 11) is -4.03. The molecule has 1 saturated carbocycles. The van der Waals surface area contributed by atoms with Crippen molar-refractivity contribution in [1.82, 2.24) is 9.21 Å². The van der Waals surface area contributed by atoms with Crippen LogP contribution < -0.4 is 0 Å². The maximum absolute atomic E-state index is 13.2. The fraction of sp³-hybridized carbons (Fsp3) is 0.350. The third kappa shape index (κ3) is 3.57. The van der Waals surface area contributed by atoms with E-state index in [2.05, 4.69) is 0 Å². The van der Waals surface area contributed by atoms with E-state index >= 15 is 0 Å². The molecule has 4 rings (SSSR count). The number of amides is 1. The lowest BCUT2D eigenvalue weighted by Crippen LogP contribution is -2.52. The molecule has 1 heterocycles. The van der Waals surface area contributed by atoms with Crippen molar-refractivity contribution in [3.05, 3.63) is 69.2 Å². The van der Waals surface area contributed by atoms with E-state index in [1.54, 1.807) is 11.0 Å². The monoisotopic (exact) mass is 449 g/mol. The Morgan fingerprint density at radius 2 is 1.70 bits per heavy atom. The Kier molecular flexibility index (Phi) is 5.29. The topological polar surface area (TPSA) is 101 Å². The normalized spacial score (nSPS) is 18.8. The van der Waals surface area contributed by atoms with E-state index in [4.69, 9.17) is 11.6 Å². The number of nitro benzene ring substituents is 1. The van der Waals surface area contributed by atoms with Crippen LogP contribution in [-0.4, -0.2) is 54.6 Å². The van der Waals surface area contributed by atoms with Crippen molar-refractivity contribution in [3.63, 3.8) is 0 Å². The summed E-state index contributed by atoms with van der Waals surface area (Å²) in [6.45, 7) is 0.652. The lowest BCUT2D eigenvalue weighted by Gasteiger charge is -2.36. The first-order chi connectivity index (χ1) is 14.3. The Labute approximate surface area is 179 Å². The number of para-hydroxylation sites is 1. The molecule has 0 bridgehead atoms. The van der Waals surface area contributed by atoms with Crippen LogP contribution in [0.2, 0.25) is 5.02 Å². The number of piperazine rings is 1. The lowest BCUT2D eigenvalue weighted by molar-refractivity contribution is -0.387. The lowest BCUT2D eigenvalue weighted by atomic mass is 9.94. The molecule has 0 atom stereocenters. The van der Waals surface area contributed by atoms with Gasteiger partial charge in [-0.15, -0.1) is 0 Å². The smallest absolute Gasteiger partial charge is 0.289 e. The zero-order valence-electron chi connectivity index (χ0n) is 16.0. The standard InChI is InChI=1S/C20H20ClN3O5S/c21-16-5-3-4-15(14-16)20(8-9-20)19(25)22-10-12-23(13-11-22)30(28,29)18-7-2-1-6-17(18)24(26)27/h1-7,14H,8-13H2. The van der Waals surface area contributed by atoms with Gasteiger partial charge in [0, 0.05) is 37.3 Å². The van der Waals surface area contributed by atoms with Gasteiger partial charge in [-0.2, -0.15) is 4.31 Å². The average molecular weight is 450 g/mol. The van der Waals surface area contributed by atoms with Crippen LogP contribution in [0, 0.1) is 10.1 Å². The van der Waals surface area contributed by atoms with E-state index in [1.807, 2.05) is 18.2 Å². The number of hydrogen-bond acceptors (Lipinski definition) is 5. The van der Waals surface area contributed by atoms with Crippen LogP contribution in [0.5, 0.6) is 0 Å². The van der Waals surface area contributed by atoms with Crippen LogP contribution in [0.3, 0.4) is 0 Å². The Bertz CT molecular complexity index is 1110. The van der Waals surface area contributed by atoms with Gasteiger partial charge >= 0.3 is 0 Å². The van der Waals surface area contributed by atoms with Crippen molar-refractivity contribution in [3.8, 4) is 0 Å². The first-order valence-corrected chi connectivity index (χ1v) is 11.4. The van der Waals surface area contributed by atoms with Gasteiger partial charge in [-0.05, 0) is 36.6 Å². The SMILES string of the molecule is O=C(N1CCN(S(=O)(=O)c2ccccc2[N+](=O)[O-])CC1)C1(c2cccc(Cl)c2)CC1. The fourth-order valence-electron chi connectivity index (χ4n) is 3.94. The molecule has 1 saturated heterocycles. The van der Waals surface area contributed by atoms with Crippen LogP contribution in [0.15, 0.2) is 53.4 Å². The number of sulfonamides is 1. The highest BCUT2D eigenvalue weighted by molar-refractivity contribution is 7.89. The van der Waals surface area contributed by atoms with Gasteiger partial charge in [0.15, 0.2) is 4.90 Å². The third-order valence-electron chi connectivity index (χ3n) is 5.74. The minimum absolute atomic E-state index is 0.0208. The van der Waals surface area contributed by atoms with Gasteiger partial charge in [-0.3, -0.25) is 14.9 Å². The average Bonchev–Trinajstić information content (AvgIpc) is 3.55. The zero-order chi connectivity index (χ0) is 21.5. The quantitative estimate of drug-likeness (QED) is 0.516. The molecule has 0 aromatic heterocycles. The number of nitrogens with zero attached hydrogens (tertiary/aromatic N) is 3. The van der Waals surface area contributed by atoms with Crippen LogP contribution in [-0.2, 0) is 20.2 Å². The molecule has 0 spiro atoms. The molecule has 1 amide bonds. The van der Waals surface area contributed by atoms with Crippen molar-refractivity contribution in [1.29, 1.82) is 0 Å². The highest BCUT2D eigenvalue weighted by Crippen LogP contribution is 2.50. The summed E-state index contributed by atoms with van der Waals surface area (Å²) in [5.74, 6) is -0.0208. The summed E-state index contributed by atoms with van der Waals surface area (Å²) >= 11 is 6.09. The molecule has 30 heavy (non-hydrogen) atoms. The molecule has 158 valence electrons. The van der Waals surface area contributed by atoms with Crippen molar-refractivity contribution in [2.75, 3.05) is 26.2 Å². The van der Waals surface area contributed by atoms with Crippen molar-refractivity contribution >= 4 is 33.2 Å². The van der Waals surface area contributed by atoms with Gasteiger partial charge in [0.25, 0.3) is 5.69 Å². The minimum Gasteiger partial charge on any atom is -0.339 e. The third-order valence-corrected chi connectivity index (χ3v) is 7.92. The molecule has 2 aromatic carbocycles. The Morgan fingerprint density at radius 1 is 1.03 bits per heavy atom. The Hall–Kier alpha value is -2.49. The first-order valence-electron chi connectivity index (χ1n) is 9.55. The van der Waals surface area contributed by atoms with E-state index < -0.39 is 26.0 Å². The Morgan fingerprint density at radius 3 is 2.30 bits per heavy atom. The van der Waals surface area contributed by atoms with Gasteiger partial charge in [0.2, 0.25) is 15.9 Å². The molecule has 0 unspecified atom stereocenters. The second-order valence-electron chi connectivity index (χ2n) is 7.51. The molecular formula is C20H20ClN3O5S. The van der Waals surface area contributed by atoms with Crippen LogP contribution in [0.4, 0.5) is 5.69 Å². The summed E-state index contributed by atoms with van der Waals surface area (Å²) in [6, 6.07) is 12.6. The molecule has 1 aliphatic heterocycles. The molecule has 2 fully saturated rings. The largest absolute Gasteiger partial charge is 0.339 e. The van der Waals surface area contributed by atoms with E-state index in [0.717, 1.165) is 18.4 Å². The van der Waals surface area contributed by atoms with Gasteiger partial charge in [0.1, 0.15) is 0 Å². The Balaban J connectivity index is 1.49. The second kappa shape index (κ2) is 7.64. The molecule has 0 N–H and O–H groups in total. The summed E-state index contributed by atoms with van der Waals surface area (Å²) < 4.78 is 27.1. The van der Waals surface area contributed by atoms with E-state index in [-0.39, 0.29) is 37.0 Å². The number of nitro groups is 1. The number of benzene rings is 2.